The second-order valence-corrected chi connectivity index (χ2v) is 18.0. The third-order valence-corrected chi connectivity index (χ3v) is 12.6. The molecule has 0 amide bonds. The van der Waals surface area contributed by atoms with Gasteiger partial charge in [-0.25, -0.2) is 23.5 Å². The van der Waals surface area contributed by atoms with E-state index in [9.17, 15) is 55.4 Å². The normalized spacial score (nSPS) is 12.6. The summed E-state index contributed by atoms with van der Waals surface area (Å²) in [5.41, 5.74) is -3.00. The lowest BCUT2D eigenvalue weighted by Gasteiger charge is -2.21. The summed E-state index contributed by atoms with van der Waals surface area (Å²) in [6.07, 6.45) is -6.31. The maximum atomic E-state index is 13.7. The maximum Gasteiger partial charge on any atom is 0.416 e. The Morgan fingerprint density at radius 2 is 0.972 bits per heavy atom. The number of nitrogens with zero attached hydrogens (tertiary/aromatic N) is 8. The van der Waals surface area contributed by atoms with E-state index in [0.717, 1.165) is 51.5 Å². The molecule has 368 valence electrons. The van der Waals surface area contributed by atoms with Crippen LogP contribution in [-0.4, -0.2) is 55.3 Å². The van der Waals surface area contributed by atoms with E-state index >= 15 is 0 Å². The van der Waals surface area contributed by atoms with Gasteiger partial charge < -0.3 is 5.11 Å². The average molecular weight is 1110 g/mol. The van der Waals surface area contributed by atoms with Crippen LogP contribution in [0.4, 0.5) is 26.3 Å². The summed E-state index contributed by atoms with van der Waals surface area (Å²) < 4.78 is 88.8. The van der Waals surface area contributed by atoms with Crippen molar-refractivity contribution in [3.63, 3.8) is 0 Å². The summed E-state index contributed by atoms with van der Waals surface area (Å²) in [5.74, 6) is -0.457. The molecule has 4 heterocycles. The first kappa shape index (κ1) is 51.7. The molecular formula is C49H40Br2F6N8O6. The van der Waals surface area contributed by atoms with Gasteiger partial charge in [-0.1, -0.05) is 44.0 Å². The molecule has 2 atom stereocenters. The number of hydrogen-bond donors (Lipinski definition) is 1. The van der Waals surface area contributed by atoms with Crippen LogP contribution in [0.25, 0.3) is 45.3 Å². The number of aliphatic hydroxyl groups is 1. The SMILES string of the molecule is CC(=O)[C@H](C)n1c(=O)c(-c2ccnn2-c2ccc(Br)cc2)c(C)n(-c2cccc(C(F)(F)F)c2)c1=O.Cc1c(-c2ccnn2-c2ccc(Br)cc2)c(=O)n([C@@H](C)CO)c(=O)n1-c1cccc(C(F)(F)F)c1. The molecule has 22 heteroatoms. The first-order valence-corrected chi connectivity index (χ1v) is 22.9. The number of aromatic nitrogens is 8. The maximum absolute atomic E-state index is 13.7. The lowest BCUT2D eigenvalue weighted by atomic mass is 10.1. The van der Waals surface area contributed by atoms with Crippen LogP contribution < -0.4 is 22.5 Å². The van der Waals surface area contributed by atoms with E-state index in [1.54, 1.807) is 60.7 Å². The van der Waals surface area contributed by atoms with Crippen LogP contribution >= 0.6 is 31.9 Å². The van der Waals surface area contributed by atoms with Gasteiger partial charge in [-0.15, -0.1) is 0 Å². The Hall–Kier alpha value is -7.17. The topological polar surface area (TPSA) is 161 Å². The molecule has 0 aliphatic rings. The summed E-state index contributed by atoms with van der Waals surface area (Å²) in [6.45, 7) is 6.55. The standard InChI is InChI=1S/C25H20BrF3N4O3.C24H20BrF3N4O3/c1-14(16(3)34)32-23(35)22(21-11-12-30-33(21)19-9-7-18(26)8-10-19)15(2)31(24(32)36)20-6-4-5-17(13-20)25(27,28)29;1-14(13-33)30-22(34)21(20-10-11-29-32(20)18-8-6-17(25)7-9-18)15(2)31(23(30)35)19-5-3-4-16(12-19)24(26,27)28/h4-14H,1-3H3;3-12,14,33H,13H2,1-2H3/t2*14-/m00/s1. The smallest absolute Gasteiger partial charge is 0.394 e. The fourth-order valence-electron chi connectivity index (χ4n) is 7.85. The second-order valence-electron chi connectivity index (χ2n) is 16.1. The quantitative estimate of drug-likeness (QED) is 0.133. The molecule has 0 radical (unpaired) electrons. The molecule has 4 aromatic heterocycles. The number of rotatable bonds is 10. The number of hydrogen-bond acceptors (Lipinski definition) is 8. The molecular weight excluding hydrogens is 1070 g/mol. The van der Waals surface area contributed by atoms with Crippen molar-refractivity contribution in [3.8, 4) is 45.3 Å². The van der Waals surface area contributed by atoms with Gasteiger partial charge in [-0.2, -0.15) is 36.5 Å². The molecule has 14 nitrogen and oxygen atoms in total. The van der Waals surface area contributed by atoms with Gasteiger partial charge >= 0.3 is 23.7 Å². The van der Waals surface area contributed by atoms with Gasteiger partial charge in [0.1, 0.15) is 0 Å². The summed E-state index contributed by atoms with van der Waals surface area (Å²) >= 11 is 6.73. The van der Waals surface area contributed by atoms with Gasteiger partial charge in [-0.3, -0.25) is 28.1 Å². The molecule has 71 heavy (non-hydrogen) atoms. The molecule has 0 bridgehead atoms. The predicted octanol–water partition coefficient (Wildman–Crippen LogP) is 9.59. The van der Waals surface area contributed by atoms with Gasteiger partial charge in [0.05, 0.1) is 87.5 Å². The summed E-state index contributed by atoms with van der Waals surface area (Å²) in [6, 6.07) is 23.9. The van der Waals surface area contributed by atoms with E-state index in [4.69, 9.17) is 0 Å². The zero-order valence-corrected chi connectivity index (χ0v) is 41.2. The van der Waals surface area contributed by atoms with Crippen molar-refractivity contribution in [2.45, 2.75) is 59.1 Å². The van der Waals surface area contributed by atoms with Crippen LogP contribution in [0.1, 0.15) is 55.4 Å². The van der Waals surface area contributed by atoms with Crippen molar-refractivity contribution in [2.24, 2.45) is 0 Å². The van der Waals surface area contributed by atoms with Crippen molar-refractivity contribution in [2.75, 3.05) is 6.61 Å². The minimum atomic E-state index is -4.64. The Morgan fingerprint density at radius 3 is 1.34 bits per heavy atom. The highest BCUT2D eigenvalue weighted by Gasteiger charge is 2.33. The Kier molecular flexibility index (Phi) is 14.8. The fraction of sp³-hybridized carbons (Fsp3) is 0.204. The molecule has 0 fully saturated rings. The van der Waals surface area contributed by atoms with Gasteiger partial charge in [0.2, 0.25) is 0 Å². The number of Topliss-reactive ketones (excluding diaryl/α,β-unsaturated/α-hetero) is 1. The molecule has 0 spiro atoms. The molecule has 0 aliphatic carbocycles. The number of halogens is 8. The van der Waals surface area contributed by atoms with Gasteiger partial charge in [-0.05, 0) is 132 Å². The third-order valence-electron chi connectivity index (χ3n) is 11.5. The van der Waals surface area contributed by atoms with Crippen molar-refractivity contribution < 1.29 is 36.2 Å². The van der Waals surface area contributed by atoms with Gasteiger partial charge in [0.25, 0.3) is 11.1 Å². The van der Waals surface area contributed by atoms with E-state index < -0.39 is 70.5 Å². The predicted molar refractivity (Wildman–Crippen MR) is 260 cm³/mol. The van der Waals surface area contributed by atoms with Crippen LogP contribution in [-0.2, 0) is 17.1 Å². The minimum Gasteiger partial charge on any atom is -0.394 e. The summed E-state index contributed by atoms with van der Waals surface area (Å²) in [4.78, 5) is 66.3. The van der Waals surface area contributed by atoms with E-state index in [-0.39, 0.29) is 33.9 Å². The van der Waals surface area contributed by atoms with Crippen molar-refractivity contribution in [1.29, 1.82) is 0 Å². The van der Waals surface area contributed by atoms with Crippen LogP contribution in [0.15, 0.2) is 150 Å². The lowest BCUT2D eigenvalue weighted by molar-refractivity contribution is -0.138. The Morgan fingerprint density at radius 1 is 0.592 bits per heavy atom. The van der Waals surface area contributed by atoms with E-state index in [1.807, 2.05) is 0 Å². The Balaban J connectivity index is 0.000000209. The fourth-order valence-corrected chi connectivity index (χ4v) is 8.37. The average Bonchev–Trinajstić information content (AvgIpc) is 4.00. The highest BCUT2D eigenvalue weighted by Crippen LogP contribution is 2.33. The van der Waals surface area contributed by atoms with Crippen LogP contribution in [0.5, 0.6) is 0 Å². The van der Waals surface area contributed by atoms with Crippen molar-refractivity contribution >= 4 is 37.6 Å². The van der Waals surface area contributed by atoms with Crippen molar-refractivity contribution in [3.05, 3.63) is 195 Å². The summed E-state index contributed by atoms with van der Waals surface area (Å²) in [7, 11) is 0. The Bertz CT molecular complexity index is 3560. The van der Waals surface area contributed by atoms with Crippen LogP contribution in [0.3, 0.4) is 0 Å². The summed E-state index contributed by atoms with van der Waals surface area (Å²) in [5, 5.41) is 18.3. The highest BCUT2D eigenvalue weighted by atomic mass is 79.9. The van der Waals surface area contributed by atoms with E-state index in [1.165, 1.54) is 80.6 Å². The second kappa shape index (κ2) is 20.3. The number of carbonyl (C=O) groups is 1. The third kappa shape index (κ3) is 10.2. The zero-order chi connectivity index (χ0) is 51.9. The monoisotopic (exact) mass is 1110 g/mol. The molecule has 1 N–H and O–H groups in total. The molecule has 8 rings (SSSR count). The van der Waals surface area contributed by atoms with Gasteiger partial charge in [0, 0.05) is 20.3 Å². The Labute approximate surface area is 415 Å². The highest BCUT2D eigenvalue weighted by molar-refractivity contribution is 9.10. The number of benzene rings is 4. The molecule has 4 aromatic carbocycles. The number of aliphatic hydroxyl groups excluding tert-OH is 1. The lowest BCUT2D eigenvalue weighted by Crippen LogP contribution is -2.44. The molecule has 0 saturated heterocycles. The molecule has 0 unspecified atom stereocenters. The van der Waals surface area contributed by atoms with Gasteiger partial charge in [0.15, 0.2) is 5.78 Å². The van der Waals surface area contributed by atoms with E-state index in [0.29, 0.717) is 22.8 Å². The number of alkyl halides is 6. The molecule has 0 saturated carbocycles. The largest absolute Gasteiger partial charge is 0.416 e. The number of carbonyl (C=O) groups excluding carboxylic acids is 1. The minimum absolute atomic E-state index is 0.0283. The molecule has 8 aromatic rings. The van der Waals surface area contributed by atoms with E-state index in [2.05, 4.69) is 42.1 Å². The van der Waals surface area contributed by atoms with Crippen LogP contribution in [0, 0.1) is 13.8 Å². The molecule has 0 aliphatic heterocycles. The first-order valence-electron chi connectivity index (χ1n) is 21.3. The number of ketones is 1. The zero-order valence-electron chi connectivity index (χ0n) is 38.0. The van der Waals surface area contributed by atoms with Crippen molar-refractivity contribution in [1.82, 2.24) is 37.8 Å². The first-order chi connectivity index (χ1) is 33.5. The van der Waals surface area contributed by atoms with Crippen LogP contribution in [0.2, 0.25) is 0 Å².